The molecule has 2 nitrogen and oxygen atoms in total. The number of para-hydroxylation sites is 1. The zero-order valence-corrected chi connectivity index (χ0v) is 12.7. The number of furan rings is 1. The fraction of sp³-hybridized carbons (Fsp3) is 0.263. The van der Waals surface area contributed by atoms with Gasteiger partial charge in [-0.15, -0.1) is 0 Å². The van der Waals surface area contributed by atoms with Crippen LogP contribution in [0.4, 0.5) is 0 Å². The third kappa shape index (κ3) is 2.59. The van der Waals surface area contributed by atoms with E-state index in [1.54, 1.807) is 6.26 Å². The number of rotatable bonds is 3. The SMILES string of the molecule is Cc1cc(C)c(CC(O)c2coc3ccccc23)c(C)c1. The van der Waals surface area contributed by atoms with Gasteiger partial charge in [0.2, 0.25) is 0 Å². The van der Waals surface area contributed by atoms with Crippen LogP contribution >= 0.6 is 0 Å². The van der Waals surface area contributed by atoms with Gasteiger partial charge in [-0.3, -0.25) is 0 Å². The molecule has 21 heavy (non-hydrogen) atoms. The molecular weight excluding hydrogens is 260 g/mol. The van der Waals surface area contributed by atoms with Crippen molar-refractivity contribution in [3.63, 3.8) is 0 Å². The van der Waals surface area contributed by atoms with Crippen molar-refractivity contribution in [2.24, 2.45) is 0 Å². The van der Waals surface area contributed by atoms with Crippen molar-refractivity contribution in [2.75, 3.05) is 0 Å². The molecule has 0 amide bonds. The number of aryl methyl sites for hydroxylation is 3. The van der Waals surface area contributed by atoms with Crippen LogP contribution in [0.1, 0.15) is 33.9 Å². The Hall–Kier alpha value is -2.06. The van der Waals surface area contributed by atoms with Crippen LogP contribution in [-0.4, -0.2) is 5.11 Å². The molecule has 2 heteroatoms. The quantitative estimate of drug-likeness (QED) is 0.758. The first kappa shape index (κ1) is 13.9. The topological polar surface area (TPSA) is 33.4 Å². The lowest BCUT2D eigenvalue weighted by Gasteiger charge is -2.15. The summed E-state index contributed by atoms with van der Waals surface area (Å²) in [6, 6.07) is 12.2. The Balaban J connectivity index is 1.95. The zero-order valence-electron chi connectivity index (χ0n) is 12.7. The van der Waals surface area contributed by atoms with E-state index in [9.17, 15) is 5.11 Å². The fourth-order valence-corrected chi connectivity index (χ4v) is 3.09. The lowest BCUT2D eigenvalue weighted by atomic mass is 9.93. The van der Waals surface area contributed by atoms with Gasteiger partial charge in [0.05, 0.1) is 12.4 Å². The normalized spacial score (nSPS) is 12.8. The van der Waals surface area contributed by atoms with Crippen LogP contribution in [0.5, 0.6) is 0 Å². The summed E-state index contributed by atoms with van der Waals surface area (Å²) in [5.74, 6) is 0. The Labute approximate surface area is 125 Å². The highest BCUT2D eigenvalue weighted by Crippen LogP contribution is 2.30. The van der Waals surface area contributed by atoms with Crippen molar-refractivity contribution >= 4 is 11.0 Å². The van der Waals surface area contributed by atoms with E-state index in [4.69, 9.17) is 4.42 Å². The molecule has 0 aliphatic heterocycles. The van der Waals surface area contributed by atoms with Crippen molar-refractivity contribution in [1.29, 1.82) is 0 Å². The molecule has 0 aliphatic rings. The highest BCUT2D eigenvalue weighted by molar-refractivity contribution is 5.81. The van der Waals surface area contributed by atoms with Crippen LogP contribution in [0.2, 0.25) is 0 Å². The molecule has 0 aliphatic carbocycles. The van der Waals surface area contributed by atoms with Crippen LogP contribution in [0, 0.1) is 20.8 Å². The molecule has 0 bridgehead atoms. The standard InChI is InChI=1S/C19H20O2/c1-12-8-13(2)16(14(3)9-12)10-18(20)17-11-21-19-7-5-4-6-15(17)19/h4-9,11,18,20H,10H2,1-3H3. The minimum Gasteiger partial charge on any atom is -0.464 e. The second kappa shape index (κ2) is 5.38. The number of hydrogen-bond donors (Lipinski definition) is 1. The van der Waals surface area contributed by atoms with Crippen molar-refractivity contribution in [3.8, 4) is 0 Å². The van der Waals surface area contributed by atoms with Gasteiger partial charge < -0.3 is 9.52 Å². The van der Waals surface area contributed by atoms with Crippen LogP contribution in [0.25, 0.3) is 11.0 Å². The highest BCUT2D eigenvalue weighted by atomic mass is 16.3. The van der Waals surface area contributed by atoms with Gasteiger partial charge in [-0.2, -0.15) is 0 Å². The third-order valence-corrected chi connectivity index (χ3v) is 4.11. The van der Waals surface area contributed by atoms with E-state index in [0.717, 1.165) is 16.5 Å². The Morgan fingerprint density at radius 3 is 2.43 bits per heavy atom. The zero-order chi connectivity index (χ0) is 15.0. The van der Waals surface area contributed by atoms with Gasteiger partial charge in [0.25, 0.3) is 0 Å². The van der Waals surface area contributed by atoms with Gasteiger partial charge in [-0.1, -0.05) is 35.9 Å². The molecule has 0 spiro atoms. The third-order valence-electron chi connectivity index (χ3n) is 4.11. The summed E-state index contributed by atoms with van der Waals surface area (Å²) in [5.41, 5.74) is 6.64. The Morgan fingerprint density at radius 1 is 1.05 bits per heavy atom. The second-order valence-electron chi connectivity index (χ2n) is 5.78. The summed E-state index contributed by atoms with van der Waals surface area (Å²) < 4.78 is 5.53. The van der Waals surface area contributed by atoms with Gasteiger partial charge in [-0.25, -0.2) is 0 Å². The van der Waals surface area contributed by atoms with Gasteiger partial charge >= 0.3 is 0 Å². The molecule has 1 heterocycles. The number of aliphatic hydroxyl groups excluding tert-OH is 1. The van der Waals surface area contributed by atoms with Crippen LogP contribution < -0.4 is 0 Å². The smallest absolute Gasteiger partial charge is 0.134 e. The van der Waals surface area contributed by atoms with Crippen molar-refractivity contribution < 1.29 is 9.52 Å². The average molecular weight is 280 g/mol. The predicted octanol–water partition coefficient (Wildman–Crippen LogP) is 4.63. The summed E-state index contributed by atoms with van der Waals surface area (Å²) in [4.78, 5) is 0. The van der Waals surface area contributed by atoms with Crippen LogP contribution in [-0.2, 0) is 6.42 Å². The van der Waals surface area contributed by atoms with Crippen molar-refractivity contribution in [2.45, 2.75) is 33.3 Å². The van der Waals surface area contributed by atoms with Gasteiger partial charge in [0, 0.05) is 17.4 Å². The van der Waals surface area contributed by atoms with Gasteiger partial charge in [0.1, 0.15) is 5.58 Å². The van der Waals surface area contributed by atoms with Crippen molar-refractivity contribution in [3.05, 3.63) is 70.5 Å². The summed E-state index contributed by atoms with van der Waals surface area (Å²) in [6.07, 6.45) is 1.74. The molecule has 0 fully saturated rings. The Kier molecular flexibility index (Phi) is 3.56. The molecule has 108 valence electrons. The molecule has 0 saturated heterocycles. The monoisotopic (exact) mass is 280 g/mol. The second-order valence-corrected chi connectivity index (χ2v) is 5.78. The largest absolute Gasteiger partial charge is 0.464 e. The maximum Gasteiger partial charge on any atom is 0.134 e. The number of hydrogen-bond acceptors (Lipinski definition) is 2. The molecule has 3 rings (SSSR count). The minimum absolute atomic E-state index is 0.547. The van der Waals surface area contributed by atoms with Crippen molar-refractivity contribution in [1.82, 2.24) is 0 Å². The van der Waals surface area contributed by atoms with E-state index in [-0.39, 0.29) is 0 Å². The molecule has 2 aromatic carbocycles. The molecular formula is C19H20O2. The highest BCUT2D eigenvalue weighted by Gasteiger charge is 2.17. The number of fused-ring (bicyclic) bond motifs is 1. The molecule has 1 N–H and O–H groups in total. The summed E-state index contributed by atoms with van der Waals surface area (Å²) >= 11 is 0. The van der Waals surface area contributed by atoms with Gasteiger partial charge in [0.15, 0.2) is 0 Å². The summed E-state index contributed by atoms with van der Waals surface area (Å²) in [7, 11) is 0. The minimum atomic E-state index is -0.547. The molecule has 1 unspecified atom stereocenters. The average Bonchev–Trinajstić information content (AvgIpc) is 2.86. The van der Waals surface area contributed by atoms with E-state index in [1.165, 1.54) is 22.3 Å². The molecule has 3 aromatic rings. The van der Waals surface area contributed by atoms with Gasteiger partial charge in [-0.05, 0) is 43.5 Å². The molecule has 0 saturated carbocycles. The van der Waals surface area contributed by atoms with E-state index in [1.807, 2.05) is 24.3 Å². The first-order valence-electron chi connectivity index (χ1n) is 7.27. The number of benzene rings is 2. The molecule has 1 aromatic heterocycles. The Bertz CT molecular complexity index is 760. The summed E-state index contributed by atoms with van der Waals surface area (Å²) in [5, 5.41) is 11.6. The van der Waals surface area contributed by atoms with Crippen LogP contribution in [0.15, 0.2) is 47.1 Å². The number of aliphatic hydroxyl groups is 1. The lowest BCUT2D eigenvalue weighted by Crippen LogP contribution is -2.05. The lowest BCUT2D eigenvalue weighted by molar-refractivity contribution is 0.178. The van der Waals surface area contributed by atoms with E-state index in [0.29, 0.717) is 6.42 Å². The first-order valence-corrected chi connectivity index (χ1v) is 7.27. The first-order chi connectivity index (χ1) is 10.1. The van der Waals surface area contributed by atoms with E-state index < -0.39 is 6.10 Å². The summed E-state index contributed by atoms with van der Waals surface area (Å²) in [6.45, 7) is 6.31. The Morgan fingerprint density at radius 2 is 1.71 bits per heavy atom. The molecule has 1 atom stereocenters. The van der Waals surface area contributed by atoms with E-state index >= 15 is 0 Å². The fourth-order valence-electron chi connectivity index (χ4n) is 3.09. The molecule has 0 radical (unpaired) electrons. The maximum atomic E-state index is 10.6. The van der Waals surface area contributed by atoms with Crippen LogP contribution in [0.3, 0.4) is 0 Å². The van der Waals surface area contributed by atoms with E-state index in [2.05, 4.69) is 32.9 Å². The maximum absolute atomic E-state index is 10.6. The predicted molar refractivity (Wildman–Crippen MR) is 85.5 cm³/mol.